The fourth-order valence-corrected chi connectivity index (χ4v) is 5.93. The van der Waals surface area contributed by atoms with Crippen molar-refractivity contribution in [3.8, 4) is 0 Å². The molecule has 1 heterocycles. The van der Waals surface area contributed by atoms with E-state index in [2.05, 4.69) is 0 Å². The third kappa shape index (κ3) is 4.93. The molecular weight excluding hydrogens is 376 g/mol. The highest BCUT2D eigenvalue weighted by atomic mass is 32.2. The Morgan fingerprint density at radius 3 is 2.32 bits per heavy atom. The molecule has 28 heavy (non-hydrogen) atoms. The number of carbonyl (C=O) groups excluding carboxylic acids is 1. The minimum Gasteiger partial charge on any atom is -0.391 e. The smallest absolute Gasteiger partial charge is 0.225 e. The molecule has 1 saturated heterocycles. The van der Waals surface area contributed by atoms with Crippen LogP contribution in [-0.4, -0.2) is 60.9 Å². The number of carbonyl (C=O) groups is 1. The topological polar surface area (TPSA) is 77.9 Å². The Morgan fingerprint density at radius 1 is 1.11 bits per heavy atom. The van der Waals surface area contributed by atoms with Crippen molar-refractivity contribution >= 4 is 15.9 Å². The van der Waals surface area contributed by atoms with Crippen molar-refractivity contribution in [1.29, 1.82) is 0 Å². The molecule has 0 spiro atoms. The Bertz CT molecular complexity index is 770. The molecule has 7 heteroatoms. The lowest BCUT2D eigenvalue weighted by Gasteiger charge is -2.38. The van der Waals surface area contributed by atoms with Gasteiger partial charge in [-0.2, -0.15) is 0 Å². The molecule has 156 valence electrons. The van der Waals surface area contributed by atoms with E-state index in [-0.39, 0.29) is 23.6 Å². The lowest BCUT2D eigenvalue weighted by Crippen LogP contribution is -2.50. The van der Waals surface area contributed by atoms with Gasteiger partial charge in [-0.15, -0.1) is 0 Å². The molecule has 1 N–H and O–H groups in total. The van der Waals surface area contributed by atoms with Crippen LogP contribution >= 0.6 is 0 Å². The summed E-state index contributed by atoms with van der Waals surface area (Å²) in [4.78, 5) is 14.6. The summed E-state index contributed by atoms with van der Waals surface area (Å²) in [5, 5.41) is 10.2. The number of likely N-dealkylation sites (N-methyl/N-ethyl adjacent to an activating group) is 1. The lowest BCUT2D eigenvalue weighted by molar-refractivity contribution is -0.141. The molecule has 0 aromatic heterocycles. The first-order chi connectivity index (χ1) is 13.3. The van der Waals surface area contributed by atoms with Gasteiger partial charge in [0.1, 0.15) is 0 Å². The molecule has 0 bridgehead atoms. The molecule has 1 amide bonds. The number of sulfonamides is 1. The Balaban J connectivity index is 1.55. The first-order valence-electron chi connectivity index (χ1n) is 10.3. The van der Waals surface area contributed by atoms with Crippen LogP contribution in [-0.2, 0) is 20.6 Å². The summed E-state index contributed by atoms with van der Waals surface area (Å²) in [7, 11) is -1.60. The van der Waals surface area contributed by atoms with Gasteiger partial charge in [0.15, 0.2) is 0 Å². The van der Waals surface area contributed by atoms with Gasteiger partial charge in [-0.1, -0.05) is 42.7 Å². The summed E-state index contributed by atoms with van der Waals surface area (Å²) in [5.74, 6) is -0.119. The minimum absolute atomic E-state index is 0.0000618. The number of amides is 1. The highest BCUT2D eigenvalue weighted by Gasteiger charge is 2.36. The van der Waals surface area contributed by atoms with Gasteiger partial charge in [-0.25, -0.2) is 12.7 Å². The second-order valence-corrected chi connectivity index (χ2v) is 10.3. The molecule has 3 rings (SSSR count). The summed E-state index contributed by atoms with van der Waals surface area (Å²) in [6.45, 7) is 2.74. The van der Waals surface area contributed by atoms with Crippen molar-refractivity contribution in [1.82, 2.24) is 9.21 Å². The van der Waals surface area contributed by atoms with E-state index in [1.54, 1.807) is 11.9 Å². The maximum Gasteiger partial charge on any atom is 0.225 e. The van der Waals surface area contributed by atoms with Gasteiger partial charge in [0.2, 0.25) is 15.9 Å². The van der Waals surface area contributed by atoms with E-state index in [9.17, 15) is 18.3 Å². The molecule has 6 nitrogen and oxygen atoms in total. The molecule has 1 aliphatic heterocycles. The van der Waals surface area contributed by atoms with Crippen LogP contribution in [0.5, 0.6) is 0 Å². The van der Waals surface area contributed by atoms with Crippen molar-refractivity contribution in [2.24, 2.45) is 5.92 Å². The SMILES string of the molecule is Cc1ccc(CS(=O)(=O)N2CCC(C(=O)N(C)[C@H]3CCCC[C@@H]3O)CC2)cc1. The maximum atomic E-state index is 12.9. The van der Waals surface area contributed by atoms with Crippen LogP contribution < -0.4 is 0 Å². The van der Waals surface area contributed by atoms with E-state index in [1.807, 2.05) is 31.2 Å². The molecular formula is C21H32N2O4S. The normalized spacial score (nSPS) is 24.8. The van der Waals surface area contributed by atoms with Crippen LogP contribution in [0.25, 0.3) is 0 Å². The zero-order chi connectivity index (χ0) is 20.3. The van der Waals surface area contributed by atoms with Crippen molar-refractivity contribution in [3.05, 3.63) is 35.4 Å². The highest BCUT2D eigenvalue weighted by Crippen LogP contribution is 2.27. The van der Waals surface area contributed by atoms with Gasteiger partial charge < -0.3 is 10.0 Å². The molecule has 1 aliphatic carbocycles. The van der Waals surface area contributed by atoms with Gasteiger partial charge in [-0.3, -0.25) is 4.79 Å². The molecule has 2 atom stereocenters. The van der Waals surface area contributed by atoms with E-state index < -0.39 is 16.1 Å². The minimum atomic E-state index is -3.38. The first-order valence-corrected chi connectivity index (χ1v) is 11.9. The monoisotopic (exact) mass is 408 g/mol. The summed E-state index contributed by atoms with van der Waals surface area (Å²) in [6, 6.07) is 7.45. The predicted octanol–water partition coefficient (Wildman–Crippen LogP) is 2.30. The van der Waals surface area contributed by atoms with Crippen LogP contribution in [0, 0.1) is 12.8 Å². The quantitative estimate of drug-likeness (QED) is 0.811. The van der Waals surface area contributed by atoms with E-state index >= 15 is 0 Å². The summed E-state index contributed by atoms with van der Waals surface area (Å²) < 4.78 is 27.0. The number of nitrogens with zero attached hydrogens (tertiary/aromatic N) is 2. The average molecular weight is 409 g/mol. The van der Waals surface area contributed by atoms with Gasteiger partial charge in [0.25, 0.3) is 0 Å². The van der Waals surface area contributed by atoms with Crippen molar-refractivity contribution in [3.63, 3.8) is 0 Å². The van der Waals surface area contributed by atoms with Crippen LogP contribution in [0.1, 0.15) is 49.7 Å². The van der Waals surface area contributed by atoms with Crippen molar-refractivity contribution in [2.45, 2.75) is 63.3 Å². The Hall–Kier alpha value is -1.44. The van der Waals surface area contributed by atoms with Gasteiger partial charge in [0, 0.05) is 26.1 Å². The van der Waals surface area contributed by atoms with E-state index in [4.69, 9.17) is 0 Å². The summed E-state index contributed by atoms with van der Waals surface area (Å²) >= 11 is 0. The van der Waals surface area contributed by atoms with Gasteiger partial charge in [0.05, 0.1) is 17.9 Å². The van der Waals surface area contributed by atoms with Gasteiger partial charge in [-0.05, 0) is 38.2 Å². The van der Waals surface area contributed by atoms with Crippen LogP contribution in [0.15, 0.2) is 24.3 Å². The van der Waals surface area contributed by atoms with Crippen LogP contribution in [0.3, 0.4) is 0 Å². The number of aryl methyl sites for hydroxylation is 1. The number of rotatable bonds is 5. The zero-order valence-electron chi connectivity index (χ0n) is 16.9. The fourth-order valence-electron chi connectivity index (χ4n) is 4.36. The number of aliphatic hydroxyl groups excluding tert-OH is 1. The lowest BCUT2D eigenvalue weighted by atomic mass is 9.89. The third-order valence-corrected chi connectivity index (χ3v) is 8.06. The molecule has 1 saturated carbocycles. The third-order valence-electron chi connectivity index (χ3n) is 6.21. The molecule has 0 unspecified atom stereocenters. The Morgan fingerprint density at radius 2 is 1.71 bits per heavy atom. The van der Waals surface area contributed by atoms with Crippen LogP contribution in [0.2, 0.25) is 0 Å². The Labute approximate surface area is 168 Å². The van der Waals surface area contributed by atoms with E-state index in [1.165, 1.54) is 4.31 Å². The molecule has 1 aromatic carbocycles. The van der Waals surface area contributed by atoms with Crippen molar-refractivity contribution in [2.75, 3.05) is 20.1 Å². The Kier molecular flexibility index (Phi) is 6.78. The number of aliphatic hydroxyl groups is 1. The second kappa shape index (κ2) is 8.93. The number of piperidine rings is 1. The zero-order valence-corrected chi connectivity index (χ0v) is 17.7. The van der Waals surface area contributed by atoms with E-state index in [0.29, 0.717) is 25.9 Å². The summed E-state index contributed by atoms with van der Waals surface area (Å²) in [6.07, 6.45) is 4.27. The maximum absolute atomic E-state index is 12.9. The van der Waals surface area contributed by atoms with Gasteiger partial charge >= 0.3 is 0 Å². The standard InChI is InChI=1S/C21H32N2O4S/c1-16-7-9-17(10-8-16)15-28(26,27)23-13-11-18(12-14-23)21(25)22(2)19-5-3-4-6-20(19)24/h7-10,18-20,24H,3-6,11-15H2,1-2H3/t19-,20-/m0/s1. The molecule has 0 radical (unpaired) electrons. The fraction of sp³-hybridized carbons (Fsp3) is 0.667. The molecule has 2 fully saturated rings. The molecule has 2 aliphatic rings. The number of benzene rings is 1. The second-order valence-electron chi connectivity index (χ2n) is 8.28. The number of hydrogen-bond acceptors (Lipinski definition) is 4. The van der Waals surface area contributed by atoms with Crippen LogP contribution in [0.4, 0.5) is 0 Å². The highest BCUT2D eigenvalue weighted by molar-refractivity contribution is 7.88. The average Bonchev–Trinajstić information content (AvgIpc) is 2.69. The molecule has 1 aromatic rings. The van der Waals surface area contributed by atoms with E-state index in [0.717, 1.165) is 36.8 Å². The van der Waals surface area contributed by atoms with Crippen molar-refractivity contribution < 1.29 is 18.3 Å². The largest absolute Gasteiger partial charge is 0.391 e. The number of hydrogen-bond donors (Lipinski definition) is 1. The summed E-state index contributed by atoms with van der Waals surface area (Å²) in [5.41, 5.74) is 1.89. The predicted molar refractivity (Wildman–Crippen MR) is 109 cm³/mol. The first kappa shape index (κ1) is 21.3.